The van der Waals surface area contributed by atoms with Gasteiger partial charge in [-0.1, -0.05) is 13.8 Å². The molecule has 0 aliphatic heterocycles. The van der Waals surface area contributed by atoms with Crippen LogP contribution in [-0.4, -0.2) is 18.1 Å². The van der Waals surface area contributed by atoms with Gasteiger partial charge in [0.05, 0.1) is 6.10 Å². The highest BCUT2D eigenvalue weighted by molar-refractivity contribution is 7.47. The molecule has 5 heteroatoms. The van der Waals surface area contributed by atoms with E-state index in [1.54, 1.807) is 6.92 Å². The van der Waals surface area contributed by atoms with Crippen molar-refractivity contribution in [2.45, 2.75) is 26.9 Å². The van der Waals surface area contributed by atoms with Gasteiger partial charge in [-0.2, -0.15) is 0 Å². The molecule has 0 spiro atoms. The van der Waals surface area contributed by atoms with Gasteiger partial charge >= 0.3 is 7.82 Å². The van der Waals surface area contributed by atoms with Crippen molar-refractivity contribution in [2.24, 2.45) is 5.92 Å². The van der Waals surface area contributed by atoms with E-state index in [0.717, 1.165) is 7.11 Å². The van der Waals surface area contributed by atoms with Gasteiger partial charge in [0.25, 0.3) is 0 Å². The smallest absolute Gasteiger partial charge is 0.302 e. The van der Waals surface area contributed by atoms with Gasteiger partial charge in [-0.15, -0.1) is 0 Å². The second-order valence-electron chi connectivity index (χ2n) is 2.71. The maximum Gasteiger partial charge on any atom is 0.472 e. The van der Waals surface area contributed by atoms with Gasteiger partial charge in [0.2, 0.25) is 0 Å². The SMILES string of the molecule is COP(=O)(O)OC(C)C(C)C. The highest BCUT2D eigenvalue weighted by atomic mass is 31.2. The van der Waals surface area contributed by atoms with Crippen molar-refractivity contribution in [3.8, 4) is 0 Å². The summed E-state index contributed by atoms with van der Waals surface area (Å²) in [5, 5.41) is 0. The molecule has 0 heterocycles. The maximum atomic E-state index is 10.8. The Morgan fingerprint density at radius 3 is 2.09 bits per heavy atom. The van der Waals surface area contributed by atoms with Crippen LogP contribution in [0.4, 0.5) is 0 Å². The summed E-state index contributed by atoms with van der Waals surface area (Å²) < 4.78 is 19.8. The average Bonchev–Trinajstić information content (AvgIpc) is 1.87. The third-order valence-corrected chi connectivity index (χ3v) is 2.53. The van der Waals surface area contributed by atoms with E-state index in [9.17, 15) is 4.57 Å². The summed E-state index contributed by atoms with van der Waals surface area (Å²) >= 11 is 0. The first-order chi connectivity index (χ1) is 4.89. The third kappa shape index (κ3) is 4.53. The number of phosphoric acid groups is 1. The molecule has 0 saturated heterocycles. The molecule has 0 bridgehead atoms. The normalized spacial score (nSPS) is 19.8. The van der Waals surface area contributed by atoms with Crippen molar-refractivity contribution in [3.05, 3.63) is 0 Å². The van der Waals surface area contributed by atoms with Gasteiger partial charge in [0.1, 0.15) is 0 Å². The van der Waals surface area contributed by atoms with Gasteiger partial charge in [-0.05, 0) is 12.8 Å². The third-order valence-electron chi connectivity index (χ3n) is 1.47. The summed E-state index contributed by atoms with van der Waals surface area (Å²) in [6, 6.07) is 0. The Balaban J connectivity index is 3.94. The van der Waals surface area contributed by atoms with E-state index in [2.05, 4.69) is 4.52 Å². The number of rotatable bonds is 4. The molecule has 0 aromatic heterocycles. The predicted octanol–water partition coefficient (Wildman–Crippen LogP) is 1.79. The zero-order valence-corrected chi connectivity index (χ0v) is 8.17. The molecule has 0 aromatic carbocycles. The standard InChI is InChI=1S/C6H15O4P/c1-5(2)6(3)10-11(7,8)9-4/h5-6H,1-4H3,(H,7,8). The second kappa shape index (κ2) is 4.21. The molecule has 0 saturated carbocycles. The summed E-state index contributed by atoms with van der Waals surface area (Å²) in [5.41, 5.74) is 0. The van der Waals surface area contributed by atoms with E-state index >= 15 is 0 Å². The van der Waals surface area contributed by atoms with E-state index in [-0.39, 0.29) is 12.0 Å². The lowest BCUT2D eigenvalue weighted by Gasteiger charge is -2.18. The summed E-state index contributed by atoms with van der Waals surface area (Å²) in [7, 11) is -2.64. The Morgan fingerprint density at radius 1 is 1.36 bits per heavy atom. The second-order valence-corrected chi connectivity index (χ2v) is 4.22. The van der Waals surface area contributed by atoms with E-state index in [0.29, 0.717) is 0 Å². The quantitative estimate of drug-likeness (QED) is 0.673. The molecule has 68 valence electrons. The molecule has 1 N–H and O–H groups in total. The van der Waals surface area contributed by atoms with E-state index in [1.165, 1.54) is 0 Å². The lowest BCUT2D eigenvalue weighted by molar-refractivity contribution is 0.101. The van der Waals surface area contributed by atoms with E-state index in [1.807, 2.05) is 13.8 Å². The number of hydrogen-bond acceptors (Lipinski definition) is 3. The largest absolute Gasteiger partial charge is 0.472 e. The monoisotopic (exact) mass is 182 g/mol. The van der Waals surface area contributed by atoms with Gasteiger partial charge in [0, 0.05) is 7.11 Å². The van der Waals surface area contributed by atoms with E-state index in [4.69, 9.17) is 9.42 Å². The van der Waals surface area contributed by atoms with Crippen molar-refractivity contribution < 1.29 is 18.5 Å². The number of phosphoric ester groups is 1. The molecule has 0 aliphatic carbocycles. The van der Waals surface area contributed by atoms with Crippen LogP contribution in [0.5, 0.6) is 0 Å². The van der Waals surface area contributed by atoms with Crippen LogP contribution in [0, 0.1) is 5.92 Å². The minimum atomic E-state index is -3.78. The van der Waals surface area contributed by atoms with Crippen LogP contribution in [0.2, 0.25) is 0 Å². The Labute approximate surface area is 67.1 Å². The molecule has 2 atom stereocenters. The minimum Gasteiger partial charge on any atom is -0.302 e. The summed E-state index contributed by atoms with van der Waals surface area (Å²) in [6.45, 7) is 5.53. The highest BCUT2D eigenvalue weighted by Gasteiger charge is 2.23. The first kappa shape index (κ1) is 11.1. The van der Waals surface area contributed by atoms with E-state index < -0.39 is 7.82 Å². The molecule has 0 fully saturated rings. The molecule has 2 unspecified atom stereocenters. The molecule has 0 radical (unpaired) electrons. The van der Waals surface area contributed by atoms with Crippen LogP contribution in [0.1, 0.15) is 20.8 Å². The van der Waals surface area contributed by atoms with Crippen LogP contribution in [0.15, 0.2) is 0 Å². The van der Waals surface area contributed by atoms with Crippen molar-refractivity contribution >= 4 is 7.82 Å². The molecular formula is C6H15O4P. The molecule has 11 heavy (non-hydrogen) atoms. The summed E-state index contributed by atoms with van der Waals surface area (Å²) in [5.74, 6) is 0.200. The molecule has 0 rings (SSSR count). The van der Waals surface area contributed by atoms with Crippen molar-refractivity contribution in [2.75, 3.05) is 7.11 Å². The van der Waals surface area contributed by atoms with Crippen LogP contribution < -0.4 is 0 Å². The molecular weight excluding hydrogens is 167 g/mol. The first-order valence-electron chi connectivity index (χ1n) is 3.46. The average molecular weight is 182 g/mol. The van der Waals surface area contributed by atoms with Crippen LogP contribution in [-0.2, 0) is 13.6 Å². The zero-order chi connectivity index (χ0) is 9.07. The summed E-state index contributed by atoms with van der Waals surface area (Å²) in [4.78, 5) is 8.85. The number of hydrogen-bond donors (Lipinski definition) is 1. The van der Waals surface area contributed by atoms with Gasteiger partial charge in [0.15, 0.2) is 0 Å². The predicted molar refractivity (Wildman–Crippen MR) is 42.2 cm³/mol. The van der Waals surface area contributed by atoms with Crippen molar-refractivity contribution in [1.29, 1.82) is 0 Å². The fourth-order valence-electron chi connectivity index (χ4n) is 0.375. The molecule has 4 nitrogen and oxygen atoms in total. The maximum absolute atomic E-state index is 10.8. The molecule has 0 amide bonds. The van der Waals surface area contributed by atoms with Gasteiger partial charge in [-0.25, -0.2) is 4.57 Å². The van der Waals surface area contributed by atoms with Gasteiger partial charge in [-0.3, -0.25) is 9.05 Å². The molecule has 0 aromatic rings. The van der Waals surface area contributed by atoms with Gasteiger partial charge < -0.3 is 4.89 Å². The molecule has 0 aliphatic rings. The fourth-order valence-corrected chi connectivity index (χ4v) is 1.12. The summed E-state index contributed by atoms with van der Waals surface area (Å²) in [6.07, 6.45) is -0.272. The highest BCUT2D eigenvalue weighted by Crippen LogP contribution is 2.44. The van der Waals surface area contributed by atoms with Crippen molar-refractivity contribution in [3.63, 3.8) is 0 Å². The Bertz CT molecular complexity index is 157. The minimum absolute atomic E-state index is 0.200. The first-order valence-corrected chi connectivity index (χ1v) is 4.95. The Hall–Kier alpha value is 0.110. The Kier molecular flexibility index (Phi) is 4.26. The van der Waals surface area contributed by atoms with Crippen LogP contribution in [0.3, 0.4) is 0 Å². The lowest BCUT2D eigenvalue weighted by Crippen LogP contribution is -2.14. The van der Waals surface area contributed by atoms with Crippen LogP contribution in [0.25, 0.3) is 0 Å². The topological polar surface area (TPSA) is 55.8 Å². The fraction of sp³-hybridized carbons (Fsp3) is 1.00. The Morgan fingerprint density at radius 2 is 1.82 bits per heavy atom. The van der Waals surface area contributed by atoms with Crippen LogP contribution >= 0.6 is 7.82 Å². The van der Waals surface area contributed by atoms with Crippen molar-refractivity contribution in [1.82, 2.24) is 0 Å². The lowest BCUT2D eigenvalue weighted by atomic mass is 10.1. The zero-order valence-electron chi connectivity index (χ0n) is 7.27.